The molecule has 0 radical (unpaired) electrons. The molecule has 0 saturated heterocycles. The first-order valence-corrected chi connectivity index (χ1v) is 10.5. The van der Waals surface area contributed by atoms with Crippen molar-refractivity contribution < 1.29 is 19.0 Å². The van der Waals surface area contributed by atoms with E-state index in [1.54, 1.807) is 19.1 Å². The summed E-state index contributed by atoms with van der Waals surface area (Å²) in [5.41, 5.74) is 1.85. The summed E-state index contributed by atoms with van der Waals surface area (Å²) in [5, 5.41) is 9.26. The zero-order valence-electron chi connectivity index (χ0n) is 17.7. The van der Waals surface area contributed by atoms with Crippen LogP contribution in [0.25, 0.3) is 6.08 Å². The standard InChI is InChI=1S/C24H26BrNO4/c1-5-28-23(27)18(16-26)14-17-15-20(25)8-11-22(17)30-13-12-29-21-9-6-19(7-10-21)24(2,3)4/h6-11,14-15H,5,12-13H2,1-4H3/b18-14-. The molecule has 0 aliphatic carbocycles. The van der Waals surface area contributed by atoms with Gasteiger partial charge in [0.2, 0.25) is 0 Å². The van der Waals surface area contributed by atoms with Gasteiger partial charge in [-0.05, 0) is 54.3 Å². The predicted molar refractivity (Wildman–Crippen MR) is 120 cm³/mol. The van der Waals surface area contributed by atoms with Crippen LogP contribution in [0.2, 0.25) is 0 Å². The smallest absolute Gasteiger partial charge is 0.348 e. The third kappa shape index (κ3) is 6.93. The second kappa shape index (κ2) is 10.8. The van der Waals surface area contributed by atoms with Crippen molar-refractivity contribution in [2.45, 2.75) is 33.1 Å². The number of hydrogen-bond donors (Lipinski definition) is 0. The van der Waals surface area contributed by atoms with E-state index in [-0.39, 0.29) is 17.6 Å². The second-order valence-electron chi connectivity index (χ2n) is 7.54. The first-order chi connectivity index (χ1) is 14.2. The van der Waals surface area contributed by atoms with Crippen LogP contribution in [0.4, 0.5) is 0 Å². The maximum absolute atomic E-state index is 11.9. The van der Waals surface area contributed by atoms with Crippen molar-refractivity contribution in [3.05, 3.63) is 63.6 Å². The first kappa shape index (κ1) is 23.5. The van der Waals surface area contributed by atoms with Crippen LogP contribution in [0.1, 0.15) is 38.8 Å². The van der Waals surface area contributed by atoms with Gasteiger partial charge in [0.1, 0.15) is 36.4 Å². The maximum Gasteiger partial charge on any atom is 0.348 e. The van der Waals surface area contributed by atoms with Crippen molar-refractivity contribution in [2.24, 2.45) is 0 Å². The van der Waals surface area contributed by atoms with Crippen LogP contribution in [0.5, 0.6) is 11.5 Å². The van der Waals surface area contributed by atoms with E-state index in [2.05, 4.69) is 48.8 Å². The van der Waals surface area contributed by atoms with Crippen molar-refractivity contribution >= 4 is 28.0 Å². The Morgan fingerprint density at radius 2 is 1.77 bits per heavy atom. The highest BCUT2D eigenvalue weighted by atomic mass is 79.9. The lowest BCUT2D eigenvalue weighted by Gasteiger charge is -2.19. The molecule has 0 N–H and O–H groups in total. The molecule has 2 aromatic rings. The predicted octanol–water partition coefficient (Wildman–Crippen LogP) is 5.67. The first-order valence-electron chi connectivity index (χ1n) is 9.69. The molecule has 6 heteroatoms. The van der Waals surface area contributed by atoms with E-state index in [0.717, 1.165) is 10.2 Å². The monoisotopic (exact) mass is 471 g/mol. The zero-order valence-corrected chi connectivity index (χ0v) is 19.3. The van der Waals surface area contributed by atoms with Crippen molar-refractivity contribution in [1.29, 1.82) is 5.26 Å². The molecule has 0 fully saturated rings. The highest BCUT2D eigenvalue weighted by Gasteiger charge is 2.14. The SMILES string of the molecule is CCOC(=O)/C(C#N)=C\c1cc(Br)ccc1OCCOc1ccc(C(C)(C)C)cc1. The van der Waals surface area contributed by atoms with Gasteiger partial charge in [-0.3, -0.25) is 0 Å². The van der Waals surface area contributed by atoms with Crippen molar-refractivity contribution in [3.8, 4) is 17.6 Å². The molecule has 30 heavy (non-hydrogen) atoms. The molecule has 0 saturated carbocycles. The Balaban J connectivity index is 2.02. The van der Waals surface area contributed by atoms with Gasteiger partial charge < -0.3 is 14.2 Å². The van der Waals surface area contributed by atoms with Gasteiger partial charge in [0.15, 0.2) is 0 Å². The summed E-state index contributed by atoms with van der Waals surface area (Å²) in [6.07, 6.45) is 1.46. The number of carbonyl (C=O) groups is 1. The van der Waals surface area contributed by atoms with E-state index >= 15 is 0 Å². The largest absolute Gasteiger partial charge is 0.490 e. The summed E-state index contributed by atoms with van der Waals surface area (Å²) in [7, 11) is 0. The molecule has 0 bridgehead atoms. The molecule has 0 spiro atoms. The van der Waals surface area contributed by atoms with Crippen LogP contribution in [0.3, 0.4) is 0 Å². The number of hydrogen-bond acceptors (Lipinski definition) is 5. The number of carbonyl (C=O) groups excluding carboxylic acids is 1. The topological polar surface area (TPSA) is 68.6 Å². The normalized spacial score (nSPS) is 11.5. The second-order valence-corrected chi connectivity index (χ2v) is 8.46. The Labute approximate surface area is 186 Å². The average Bonchev–Trinajstić information content (AvgIpc) is 2.70. The van der Waals surface area contributed by atoms with E-state index in [1.165, 1.54) is 11.6 Å². The Hall–Kier alpha value is -2.78. The Bertz CT molecular complexity index is 937. The van der Waals surface area contributed by atoms with Crippen LogP contribution in [0.15, 0.2) is 52.5 Å². The minimum absolute atomic E-state index is 0.0880. The molecule has 0 aliphatic heterocycles. The fourth-order valence-corrected chi connectivity index (χ4v) is 3.01. The van der Waals surface area contributed by atoms with E-state index < -0.39 is 5.97 Å². The van der Waals surface area contributed by atoms with Gasteiger partial charge >= 0.3 is 5.97 Å². The number of halogens is 1. The summed E-state index contributed by atoms with van der Waals surface area (Å²) >= 11 is 3.40. The minimum atomic E-state index is -0.659. The fraction of sp³-hybridized carbons (Fsp3) is 0.333. The van der Waals surface area contributed by atoms with Gasteiger partial charge in [-0.2, -0.15) is 5.26 Å². The van der Waals surface area contributed by atoms with Crippen molar-refractivity contribution in [3.63, 3.8) is 0 Å². The lowest BCUT2D eigenvalue weighted by atomic mass is 9.87. The molecule has 0 unspecified atom stereocenters. The van der Waals surface area contributed by atoms with Crippen molar-refractivity contribution in [2.75, 3.05) is 19.8 Å². The summed E-state index contributed by atoms with van der Waals surface area (Å²) in [6, 6.07) is 15.3. The minimum Gasteiger partial charge on any atom is -0.490 e. The maximum atomic E-state index is 11.9. The van der Waals surface area contributed by atoms with Gasteiger partial charge in [-0.15, -0.1) is 0 Å². The third-order valence-electron chi connectivity index (χ3n) is 4.22. The summed E-state index contributed by atoms with van der Waals surface area (Å²) < 4.78 is 17.3. The number of ether oxygens (including phenoxy) is 3. The van der Waals surface area contributed by atoms with Gasteiger partial charge in [0.25, 0.3) is 0 Å². The molecule has 0 aliphatic rings. The number of esters is 1. The molecule has 0 heterocycles. The van der Waals surface area contributed by atoms with Crippen LogP contribution in [0, 0.1) is 11.3 Å². The Morgan fingerprint density at radius 1 is 1.10 bits per heavy atom. The van der Waals surface area contributed by atoms with Gasteiger partial charge in [-0.25, -0.2) is 4.79 Å². The van der Waals surface area contributed by atoms with Crippen LogP contribution >= 0.6 is 15.9 Å². The molecule has 5 nitrogen and oxygen atoms in total. The van der Waals surface area contributed by atoms with Gasteiger partial charge in [-0.1, -0.05) is 48.8 Å². The number of nitrogens with zero attached hydrogens (tertiary/aromatic N) is 1. The molecular weight excluding hydrogens is 446 g/mol. The van der Waals surface area contributed by atoms with Crippen LogP contribution in [-0.2, 0) is 14.9 Å². The Morgan fingerprint density at radius 3 is 2.37 bits per heavy atom. The quantitative estimate of drug-likeness (QED) is 0.214. The van der Waals surface area contributed by atoms with E-state index in [0.29, 0.717) is 24.5 Å². The zero-order chi connectivity index (χ0) is 22.1. The molecule has 0 aromatic heterocycles. The molecular formula is C24H26BrNO4. The van der Waals surface area contributed by atoms with Crippen LogP contribution < -0.4 is 9.47 Å². The van der Waals surface area contributed by atoms with E-state index in [9.17, 15) is 10.1 Å². The molecule has 0 amide bonds. The number of rotatable bonds is 8. The van der Waals surface area contributed by atoms with E-state index in [1.807, 2.05) is 24.3 Å². The highest BCUT2D eigenvalue weighted by molar-refractivity contribution is 9.10. The summed E-state index contributed by atoms with van der Waals surface area (Å²) in [4.78, 5) is 11.9. The Kier molecular flexibility index (Phi) is 8.49. The fourth-order valence-electron chi connectivity index (χ4n) is 2.63. The summed E-state index contributed by atoms with van der Waals surface area (Å²) in [6.45, 7) is 9.06. The molecule has 0 atom stereocenters. The lowest BCUT2D eigenvalue weighted by Crippen LogP contribution is -2.12. The van der Waals surface area contributed by atoms with Crippen molar-refractivity contribution in [1.82, 2.24) is 0 Å². The average molecular weight is 472 g/mol. The van der Waals surface area contributed by atoms with Crippen LogP contribution in [-0.4, -0.2) is 25.8 Å². The number of benzene rings is 2. The number of nitriles is 1. The lowest BCUT2D eigenvalue weighted by molar-refractivity contribution is -0.137. The summed E-state index contributed by atoms with van der Waals surface area (Å²) in [5.74, 6) is 0.659. The molecule has 158 valence electrons. The van der Waals surface area contributed by atoms with Gasteiger partial charge in [0, 0.05) is 10.0 Å². The highest BCUT2D eigenvalue weighted by Crippen LogP contribution is 2.26. The molecule has 2 aromatic carbocycles. The van der Waals surface area contributed by atoms with E-state index in [4.69, 9.17) is 14.2 Å². The van der Waals surface area contributed by atoms with Gasteiger partial charge in [0.05, 0.1) is 6.61 Å². The third-order valence-corrected chi connectivity index (χ3v) is 4.71. The molecule has 2 rings (SSSR count).